The summed E-state index contributed by atoms with van der Waals surface area (Å²) in [5, 5.41) is 9.20. The zero-order valence-electron chi connectivity index (χ0n) is 11.7. The minimum atomic E-state index is -4.07. The Hall–Kier alpha value is -1.25. The Morgan fingerprint density at radius 2 is 2.14 bits per heavy atom. The minimum Gasteiger partial charge on any atom is -0.494 e. The highest BCUT2D eigenvalue weighted by Crippen LogP contribution is 2.32. The number of aliphatic hydroxyl groups is 1. The maximum Gasteiger partial charge on any atom is 0.243 e. The van der Waals surface area contributed by atoms with E-state index in [0.29, 0.717) is 0 Å². The molecule has 1 saturated heterocycles. The van der Waals surface area contributed by atoms with Crippen molar-refractivity contribution in [2.45, 2.75) is 30.5 Å². The number of hydrogen-bond acceptors (Lipinski definition) is 4. The summed E-state index contributed by atoms with van der Waals surface area (Å²) in [7, 11) is -2.79. The molecule has 2 atom stereocenters. The third-order valence-corrected chi connectivity index (χ3v) is 5.69. The number of benzene rings is 1. The molecule has 1 aliphatic rings. The van der Waals surface area contributed by atoms with Crippen molar-refractivity contribution in [2.75, 3.05) is 20.3 Å². The van der Waals surface area contributed by atoms with Crippen molar-refractivity contribution in [3.05, 3.63) is 23.5 Å². The summed E-state index contributed by atoms with van der Waals surface area (Å²) in [5.41, 5.74) is -0.0895. The van der Waals surface area contributed by atoms with Crippen molar-refractivity contribution in [3.63, 3.8) is 0 Å². The predicted octanol–water partition coefficient (Wildman–Crippen LogP) is 1.24. The minimum absolute atomic E-state index is 0.0602. The Morgan fingerprint density at radius 1 is 1.48 bits per heavy atom. The maximum absolute atomic E-state index is 14.0. The van der Waals surface area contributed by atoms with Crippen LogP contribution >= 0.6 is 0 Å². The van der Waals surface area contributed by atoms with Crippen LogP contribution in [0.1, 0.15) is 12.0 Å². The van der Waals surface area contributed by atoms with Crippen molar-refractivity contribution in [2.24, 2.45) is 0 Å². The van der Waals surface area contributed by atoms with Crippen LogP contribution in [0.5, 0.6) is 5.75 Å². The fourth-order valence-corrected chi connectivity index (χ4v) is 4.37. The van der Waals surface area contributed by atoms with E-state index in [0.717, 1.165) is 4.31 Å². The monoisotopic (exact) mass is 321 g/mol. The lowest BCUT2D eigenvalue weighted by molar-refractivity contribution is 0.212. The van der Waals surface area contributed by atoms with E-state index in [1.807, 2.05) is 0 Å². The van der Waals surface area contributed by atoms with Crippen LogP contribution in [-0.4, -0.2) is 50.3 Å². The first-order valence-corrected chi connectivity index (χ1v) is 7.86. The summed E-state index contributed by atoms with van der Waals surface area (Å²) in [6, 6.07) is 1.62. The summed E-state index contributed by atoms with van der Waals surface area (Å²) in [6.45, 7) is 0.514. The Balaban J connectivity index is 2.47. The smallest absolute Gasteiger partial charge is 0.243 e. The normalized spacial score (nSPS) is 23.5. The van der Waals surface area contributed by atoms with Gasteiger partial charge in [-0.3, -0.25) is 0 Å². The van der Waals surface area contributed by atoms with Gasteiger partial charge in [0.15, 0.2) is 11.6 Å². The van der Waals surface area contributed by atoms with Gasteiger partial charge in [0.1, 0.15) is 6.17 Å². The highest BCUT2D eigenvalue weighted by molar-refractivity contribution is 7.89. The lowest BCUT2D eigenvalue weighted by atomic mass is 10.2. The summed E-state index contributed by atoms with van der Waals surface area (Å²) < 4.78 is 58.3. The molecular formula is C13H17F2NO4S. The van der Waals surface area contributed by atoms with Crippen molar-refractivity contribution in [1.29, 1.82) is 0 Å². The van der Waals surface area contributed by atoms with E-state index in [1.165, 1.54) is 26.2 Å². The van der Waals surface area contributed by atoms with Gasteiger partial charge in [0.25, 0.3) is 0 Å². The number of alkyl halides is 1. The van der Waals surface area contributed by atoms with Crippen LogP contribution in [0.4, 0.5) is 8.78 Å². The second-order valence-electron chi connectivity index (χ2n) is 4.95. The largest absolute Gasteiger partial charge is 0.494 e. The second kappa shape index (κ2) is 5.86. The van der Waals surface area contributed by atoms with Gasteiger partial charge in [-0.25, -0.2) is 17.2 Å². The maximum atomic E-state index is 14.0. The van der Waals surface area contributed by atoms with Gasteiger partial charge in [0.2, 0.25) is 10.0 Å². The molecule has 118 valence electrons. The van der Waals surface area contributed by atoms with Crippen molar-refractivity contribution < 1.29 is 27.0 Å². The van der Waals surface area contributed by atoms with Gasteiger partial charge in [-0.2, -0.15) is 4.31 Å². The number of halogens is 2. The van der Waals surface area contributed by atoms with E-state index in [1.54, 1.807) is 0 Å². The number of nitrogens with zero attached hydrogens (tertiary/aromatic N) is 1. The fraction of sp³-hybridized carbons (Fsp3) is 0.538. The van der Waals surface area contributed by atoms with Crippen LogP contribution in [-0.2, 0) is 10.0 Å². The molecular weight excluding hydrogens is 304 g/mol. The van der Waals surface area contributed by atoms with E-state index < -0.39 is 34.7 Å². The van der Waals surface area contributed by atoms with Crippen LogP contribution in [0.25, 0.3) is 0 Å². The van der Waals surface area contributed by atoms with Gasteiger partial charge >= 0.3 is 0 Å². The highest BCUT2D eigenvalue weighted by Gasteiger charge is 2.41. The summed E-state index contributed by atoms with van der Waals surface area (Å²) in [5.74, 6) is -0.829. The first-order valence-electron chi connectivity index (χ1n) is 6.42. The molecule has 1 aromatic carbocycles. The molecule has 2 rings (SSSR count). The molecule has 0 unspecified atom stereocenters. The Morgan fingerprint density at radius 3 is 2.71 bits per heavy atom. The average Bonchev–Trinajstić information content (AvgIpc) is 2.83. The molecule has 1 aromatic rings. The first kappa shape index (κ1) is 16.1. The number of aliphatic hydroxyl groups excluding tert-OH is 1. The number of ether oxygens (including phenoxy) is 1. The first-order chi connectivity index (χ1) is 9.82. The van der Waals surface area contributed by atoms with Gasteiger partial charge in [0, 0.05) is 12.1 Å². The molecule has 1 N–H and O–H groups in total. The number of methoxy groups -OCH3 is 1. The lowest BCUT2D eigenvalue weighted by Gasteiger charge is -2.23. The average molecular weight is 321 g/mol. The van der Waals surface area contributed by atoms with Gasteiger partial charge in [0.05, 0.1) is 24.7 Å². The molecule has 21 heavy (non-hydrogen) atoms. The van der Waals surface area contributed by atoms with Gasteiger partial charge < -0.3 is 9.84 Å². The van der Waals surface area contributed by atoms with E-state index in [-0.39, 0.29) is 29.2 Å². The van der Waals surface area contributed by atoms with Crippen LogP contribution in [0, 0.1) is 12.7 Å². The molecule has 0 spiro atoms. The van der Waals surface area contributed by atoms with E-state index >= 15 is 0 Å². The Bertz CT molecular complexity index is 635. The lowest BCUT2D eigenvalue weighted by Crippen LogP contribution is -2.38. The molecule has 1 heterocycles. The van der Waals surface area contributed by atoms with Gasteiger partial charge in [-0.05, 0) is 25.5 Å². The predicted molar refractivity (Wildman–Crippen MR) is 72.0 cm³/mol. The summed E-state index contributed by atoms with van der Waals surface area (Å²) in [6.07, 6.45) is -1.40. The van der Waals surface area contributed by atoms with Crippen LogP contribution in [0.3, 0.4) is 0 Å². The zero-order valence-corrected chi connectivity index (χ0v) is 12.5. The third kappa shape index (κ3) is 2.75. The molecule has 0 aromatic heterocycles. The van der Waals surface area contributed by atoms with Gasteiger partial charge in [-0.15, -0.1) is 0 Å². The summed E-state index contributed by atoms with van der Waals surface area (Å²) >= 11 is 0. The number of sulfonamides is 1. The van der Waals surface area contributed by atoms with Crippen LogP contribution in [0.15, 0.2) is 17.0 Å². The Kier molecular flexibility index (Phi) is 4.50. The van der Waals surface area contributed by atoms with E-state index in [2.05, 4.69) is 0 Å². The molecule has 0 saturated carbocycles. The van der Waals surface area contributed by atoms with E-state index in [9.17, 15) is 22.3 Å². The molecule has 1 fully saturated rings. The number of rotatable bonds is 4. The van der Waals surface area contributed by atoms with Crippen LogP contribution in [0.2, 0.25) is 0 Å². The SMILES string of the molecule is COc1ccc(S(=O)(=O)N2C[C@@H](F)C[C@H]2CO)c(C)c1F. The van der Waals surface area contributed by atoms with E-state index in [4.69, 9.17) is 4.74 Å². The quantitative estimate of drug-likeness (QED) is 0.906. The van der Waals surface area contributed by atoms with Crippen LogP contribution < -0.4 is 4.74 Å². The standard InChI is InChI=1S/C13H17F2NO4S/c1-8-12(4-3-11(20-2)13(8)15)21(18,19)16-6-9(14)5-10(16)7-17/h3-4,9-10,17H,5-7H2,1-2H3/t9-,10-/m0/s1. The molecule has 0 aliphatic carbocycles. The molecule has 0 radical (unpaired) electrons. The number of hydrogen-bond donors (Lipinski definition) is 1. The third-order valence-electron chi connectivity index (χ3n) is 3.63. The second-order valence-corrected chi connectivity index (χ2v) is 6.81. The topological polar surface area (TPSA) is 66.8 Å². The van der Waals surface area contributed by atoms with Crippen molar-refractivity contribution >= 4 is 10.0 Å². The van der Waals surface area contributed by atoms with Gasteiger partial charge in [-0.1, -0.05) is 0 Å². The molecule has 1 aliphatic heterocycles. The zero-order chi connectivity index (χ0) is 15.8. The summed E-state index contributed by atoms with van der Waals surface area (Å²) in [4.78, 5) is -0.242. The highest BCUT2D eigenvalue weighted by atomic mass is 32.2. The van der Waals surface area contributed by atoms with Crippen molar-refractivity contribution in [1.82, 2.24) is 4.31 Å². The molecule has 0 amide bonds. The Labute approximate surface area is 122 Å². The fourth-order valence-electron chi connectivity index (χ4n) is 2.50. The van der Waals surface area contributed by atoms with Crippen molar-refractivity contribution in [3.8, 4) is 5.75 Å². The molecule has 0 bridgehead atoms. The molecule has 5 nitrogen and oxygen atoms in total. The molecule has 8 heteroatoms.